The average molecular weight is 351 g/mol. The minimum absolute atomic E-state index is 0.127. The number of nitrogens with two attached hydrogens (primary N) is 1. The predicted octanol–water partition coefficient (Wildman–Crippen LogP) is 3.37. The van der Waals surface area contributed by atoms with Gasteiger partial charge in [0.2, 0.25) is 5.91 Å². The zero-order valence-corrected chi connectivity index (χ0v) is 15.5. The van der Waals surface area contributed by atoms with Crippen LogP contribution in [0.15, 0.2) is 54.6 Å². The number of hydrogen-bond acceptors (Lipinski definition) is 3. The largest absolute Gasteiger partial charge is 0.399 e. The van der Waals surface area contributed by atoms with Crippen molar-refractivity contribution in [3.63, 3.8) is 0 Å². The molecule has 0 aliphatic carbocycles. The van der Waals surface area contributed by atoms with Crippen LogP contribution < -0.4 is 11.1 Å². The molecule has 0 spiro atoms. The first-order valence-electron chi connectivity index (χ1n) is 9.52. The maximum absolute atomic E-state index is 12.3. The molecule has 2 aromatic carbocycles. The summed E-state index contributed by atoms with van der Waals surface area (Å²) in [5.41, 5.74) is 9.12. The number of carbonyl (C=O) groups excluding carboxylic acids is 1. The average Bonchev–Trinajstić information content (AvgIpc) is 2.64. The van der Waals surface area contributed by atoms with E-state index in [0.717, 1.165) is 37.2 Å². The van der Waals surface area contributed by atoms with Gasteiger partial charge < -0.3 is 11.1 Å². The first kappa shape index (κ1) is 18.5. The van der Waals surface area contributed by atoms with Crippen molar-refractivity contribution in [3.05, 3.63) is 65.7 Å². The molecule has 1 aliphatic rings. The number of piperidine rings is 1. The Morgan fingerprint density at radius 3 is 2.62 bits per heavy atom. The molecule has 1 saturated heterocycles. The van der Waals surface area contributed by atoms with E-state index in [1.165, 1.54) is 5.56 Å². The molecular weight excluding hydrogens is 322 g/mol. The smallest absolute Gasteiger partial charge is 0.220 e. The number of benzene rings is 2. The third-order valence-electron chi connectivity index (χ3n) is 5.28. The van der Waals surface area contributed by atoms with E-state index >= 15 is 0 Å². The monoisotopic (exact) mass is 351 g/mol. The highest BCUT2D eigenvalue weighted by atomic mass is 16.1. The quantitative estimate of drug-likeness (QED) is 0.785. The molecule has 2 atom stereocenters. The molecular formula is C22H29N3O. The topological polar surface area (TPSA) is 58.4 Å². The lowest BCUT2D eigenvalue weighted by Crippen LogP contribution is -2.48. The van der Waals surface area contributed by atoms with Gasteiger partial charge in [-0.1, -0.05) is 48.5 Å². The molecule has 0 bridgehead atoms. The van der Waals surface area contributed by atoms with E-state index in [4.69, 9.17) is 5.73 Å². The van der Waals surface area contributed by atoms with Gasteiger partial charge in [-0.3, -0.25) is 9.69 Å². The Kier molecular flexibility index (Phi) is 6.29. The van der Waals surface area contributed by atoms with Gasteiger partial charge in [0.1, 0.15) is 0 Å². The number of rotatable bonds is 6. The van der Waals surface area contributed by atoms with Crippen molar-refractivity contribution in [2.24, 2.45) is 0 Å². The van der Waals surface area contributed by atoms with E-state index in [1.807, 2.05) is 24.3 Å². The molecule has 4 nitrogen and oxygen atoms in total. The lowest BCUT2D eigenvalue weighted by atomic mass is 9.97. The first-order chi connectivity index (χ1) is 12.6. The van der Waals surface area contributed by atoms with Gasteiger partial charge in [0, 0.05) is 37.3 Å². The summed E-state index contributed by atoms with van der Waals surface area (Å²) in [7, 11) is 0. The fraction of sp³-hybridized carbons (Fsp3) is 0.409. The summed E-state index contributed by atoms with van der Waals surface area (Å²) in [5.74, 6) is 0.127. The lowest BCUT2D eigenvalue weighted by molar-refractivity contribution is -0.122. The molecule has 1 aliphatic heterocycles. The summed E-state index contributed by atoms with van der Waals surface area (Å²) >= 11 is 0. The highest BCUT2D eigenvalue weighted by molar-refractivity contribution is 5.76. The molecule has 0 radical (unpaired) electrons. The number of nitrogens with zero attached hydrogens (tertiary/aromatic N) is 1. The summed E-state index contributed by atoms with van der Waals surface area (Å²) in [6, 6.07) is 19.1. The van der Waals surface area contributed by atoms with Crippen LogP contribution in [0.1, 0.15) is 37.3 Å². The van der Waals surface area contributed by atoms with Crippen LogP contribution in [0.25, 0.3) is 0 Å². The fourth-order valence-corrected chi connectivity index (χ4v) is 3.71. The number of aryl methyl sites for hydroxylation is 1. The molecule has 3 rings (SSSR count). The van der Waals surface area contributed by atoms with Gasteiger partial charge >= 0.3 is 0 Å². The zero-order valence-electron chi connectivity index (χ0n) is 15.5. The van der Waals surface area contributed by atoms with Crippen molar-refractivity contribution < 1.29 is 4.79 Å². The van der Waals surface area contributed by atoms with Gasteiger partial charge in [0.25, 0.3) is 0 Å². The van der Waals surface area contributed by atoms with Crippen LogP contribution in [0.4, 0.5) is 5.69 Å². The van der Waals surface area contributed by atoms with Crippen molar-refractivity contribution in [2.45, 2.75) is 51.2 Å². The standard InChI is InChI=1S/C22H29N3O/c1-17-15-20(13-14-25(17)16-18-7-3-2-4-8-18)24-22(26)12-11-19-9-5-6-10-21(19)23/h2-10,17,20H,11-16,23H2,1H3,(H,24,26). The number of hydrogen-bond donors (Lipinski definition) is 2. The van der Waals surface area contributed by atoms with Gasteiger partial charge in [0.15, 0.2) is 0 Å². The molecule has 1 amide bonds. The number of amides is 1. The number of para-hydroxylation sites is 1. The normalized spacial score (nSPS) is 20.7. The van der Waals surface area contributed by atoms with Gasteiger partial charge in [0.05, 0.1) is 0 Å². The SMILES string of the molecule is CC1CC(NC(=O)CCc2ccccc2N)CCN1Cc1ccccc1. The Morgan fingerprint density at radius 1 is 1.15 bits per heavy atom. The fourth-order valence-electron chi connectivity index (χ4n) is 3.71. The molecule has 1 fully saturated rings. The number of likely N-dealkylation sites (tertiary alicyclic amines) is 1. The Hall–Kier alpha value is -2.33. The van der Waals surface area contributed by atoms with Gasteiger partial charge in [-0.2, -0.15) is 0 Å². The van der Waals surface area contributed by atoms with Crippen molar-refractivity contribution in [1.82, 2.24) is 10.2 Å². The summed E-state index contributed by atoms with van der Waals surface area (Å²) in [4.78, 5) is 14.8. The summed E-state index contributed by atoms with van der Waals surface area (Å²) in [6.45, 7) is 4.26. The van der Waals surface area contributed by atoms with Gasteiger partial charge in [-0.15, -0.1) is 0 Å². The van der Waals surface area contributed by atoms with E-state index in [9.17, 15) is 4.79 Å². The summed E-state index contributed by atoms with van der Waals surface area (Å²) in [5, 5.41) is 3.22. The molecule has 4 heteroatoms. The highest BCUT2D eigenvalue weighted by Gasteiger charge is 2.26. The Labute approximate surface area is 156 Å². The third kappa shape index (κ3) is 5.09. The second-order valence-electron chi connectivity index (χ2n) is 7.29. The molecule has 3 N–H and O–H groups in total. The second-order valence-corrected chi connectivity index (χ2v) is 7.29. The van der Waals surface area contributed by atoms with Crippen molar-refractivity contribution >= 4 is 11.6 Å². The van der Waals surface area contributed by atoms with E-state index in [-0.39, 0.29) is 11.9 Å². The van der Waals surface area contributed by atoms with Crippen molar-refractivity contribution in [3.8, 4) is 0 Å². The molecule has 26 heavy (non-hydrogen) atoms. The van der Waals surface area contributed by atoms with E-state index in [1.54, 1.807) is 0 Å². The van der Waals surface area contributed by atoms with Crippen LogP contribution in [0.2, 0.25) is 0 Å². The minimum Gasteiger partial charge on any atom is -0.399 e. The number of nitrogen functional groups attached to an aromatic ring is 1. The van der Waals surface area contributed by atoms with Crippen molar-refractivity contribution in [1.29, 1.82) is 0 Å². The van der Waals surface area contributed by atoms with E-state index < -0.39 is 0 Å². The molecule has 138 valence electrons. The second kappa shape index (κ2) is 8.86. The van der Waals surface area contributed by atoms with Crippen LogP contribution >= 0.6 is 0 Å². The van der Waals surface area contributed by atoms with Crippen molar-refractivity contribution in [2.75, 3.05) is 12.3 Å². The summed E-state index contributed by atoms with van der Waals surface area (Å²) in [6.07, 6.45) is 3.20. The van der Waals surface area contributed by atoms with Crippen LogP contribution in [0.3, 0.4) is 0 Å². The zero-order chi connectivity index (χ0) is 18.4. The number of nitrogens with one attached hydrogen (secondary N) is 1. The Morgan fingerprint density at radius 2 is 1.88 bits per heavy atom. The number of anilines is 1. The van der Waals surface area contributed by atoms with Crippen LogP contribution in [-0.4, -0.2) is 29.4 Å². The Balaban J connectivity index is 1.44. The molecule has 0 aromatic heterocycles. The summed E-state index contributed by atoms with van der Waals surface area (Å²) < 4.78 is 0. The van der Waals surface area contributed by atoms with Gasteiger partial charge in [-0.05, 0) is 43.4 Å². The number of carbonyl (C=O) groups is 1. The van der Waals surface area contributed by atoms with Gasteiger partial charge in [-0.25, -0.2) is 0 Å². The van der Waals surface area contributed by atoms with Crippen LogP contribution in [0.5, 0.6) is 0 Å². The molecule has 0 saturated carbocycles. The minimum atomic E-state index is 0.127. The van der Waals surface area contributed by atoms with E-state index in [2.05, 4.69) is 47.5 Å². The van der Waals surface area contributed by atoms with Crippen LogP contribution in [-0.2, 0) is 17.8 Å². The third-order valence-corrected chi connectivity index (χ3v) is 5.28. The lowest BCUT2D eigenvalue weighted by Gasteiger charge is -2.38. The van der Waals surface area contributed by atoms with E-state index in [0.29, 0.717) is 18.9 Å². The predicted molar refractivity (Wildman–Crippen MR) is 107 cm³/mol. The molecule has 2 aromatic rings. The molecule has 1 heterocycles. The maximum Gasteiger partial charge on any atom is 0.220 e. The first-order valence-corrected chi connectivity index (χ1v) is 9.52. The maximum atomic E-state index is 12.3. The van der Waals surface area contributed by atoms with Crippen LogP contribution in [0, 0.1) is 0 Å². The Bertz CT molecular complexity index is 716. The molecule has 2 unspecified atom stereocenters. The highest BCUT2D eigenvalue weighted by Crippen LogP contribution is 2.20.